The highest BCUT2D eigenvalue weighted by Crippen LogP contribution is 2.04. The van der Waals surface area contributed by atoms with Gasteiger partial charge in [-0.05, 0) is 0 Å². The van der Waals surface area contributed by atoms with Crippen LogP contribution < -0.4 is 5.73 Å². The van der Waals surface area contributed by atoms with Crippen LogP contribution in [0, 0.1) is 0 Å². The van der Waals surface area contributed by atoms with E-state index >= 15 is 0 Å². The molecule has 0 unspecified atom stereocenters. The predicted octanol–water partition coefficient (Wildman–Crippen LogP) is 0.188. The molecule has 5 heteroatoms. The van der Waals surface area contributed by atoms with Crippen molar-refractivity contribution in [1.82, 2.24) is 19.6 Å². The van der Waals surface area contributed by atoms with Gasteiger partial charge in [-0.1, -0.05) is 0 Å². The lowest BCUT2D eigenvalue weighted by atomic mass is 10.6. The number of hydrogen-bond donors (Lipinski definition) is 1. The van der Waals surface area contributed by atoms with Crippen molar-refractivity contribution in [3.63, 3.8) is 0 Å². The third-order valence-corrected chi connectivity index (χ3v) is 1.54. The lowest BCUT2D eigenvalue weighted by molar-refractivity contribution is 0.732. The molecule has 0 atom stereocenters. The van der Waals surface area contributed by atoms with Gasteiger partial charge in [0.05, 0.1) is 0 Å². The number of aryl methyl sites for hydroxylation is 1. The molecule has 2 aromatic rings. The van der Waals surface area contributed by atoms with Gasteiger partial charge >= 0.3 is 0 Å². The van der Waals surface area contributed by atoms with Crippen LogP contribution >= 0.6 is 0 Å². The molecule has 2 N–H and O–H groups in total. The fourth-order valence-corrected chi connectivity index (χ4v) is 0.991. The molecule has 0 aliphatic carbocycles. The Hall–Kier alpha value is -1.78. The zero-order valence-electron chi connectivity index (χ0n) is 6.68. The molecule has 5 nitrogen and oxygen atoms in total. The van der Waals surface area contributed by atoms with Crippen molar-refractivity contribution in [3.05, 3.63) is 24.5 Å². The second kappa shape index (κ2) is 2.37. The van der Waals surface area contributed by atoms with E-state index in [1.165, 1.54) is 0 Å². The predicted molar refractivity (Wildman–Crippen MR) is 44.7 cm³/mol. The minimum Gasteiger partial charge on any atom is -0.382 e. The molecule has 0 spiro atoms. The van der Waals surface area contributed by atoms with Crippen molar-refractivity contribution >= 4 is 5.82 Å². The van der Waals surface area contributed by atoms with E-state index in [0.717, 1.165) is 5.82 Å². The molecule has 0 fully saturated rings. The van der Waals surface area contributed by atoms with Crippen LogP contribution in [0.15, 0.2) is 24.5 Å². The van der Waals surface area contributed by atoms with Gasteiger partial charge in [-0.3, -0.25) is 4.68 Å². The zero-order valence-corrected chi connectivity index (χ0v) is 6.68. The number of aromatic nitrogens is 4. The SMILES string of the molecule is Cn1ccc(-n2ccc(N)n2)n1. The molecule has 0 saturated heterocycles. The van der Waals surface area contributed by atoms with Gasteiger partial charge in [0.25, 0.3) is 0 Å². The second-order valence-corrected chi connectivity index (χ2v) is 2.53. The third kappa shape index (κ3) is 1.05. The molecule has 0 bridgehead atoms. The lowest BCUT2D eigenvalue weighted by Crippen LogP contribution is -1.98. The van der Waals surface area contributed by atoms with Gasteiger partial charge in [0.2, 0.25) is 0 Å². The number of nitrogens with two attached hydrogens (primary N) is 1. The van der Waals surface area contributed by atoms with Crippen LogP contribution in [0.25, 0.3) is 5.82 Å². The number of nitrogens with zero attached hydrogens (tertiary/aromatic N) is 4. The molecule has 0 radical (unpaired) electrons. The number of hydrogen-bond acceptors (Lipinski definition) is 3. The average molecular weight is 163 g/mol. The van der Waals surface area contributed by atoms with Crippen LogP contribution in [0.5, 0.6) is 0 Å². The topological polar surface area (TPSA) is 61.7 Å². The van der Waals surface area contributed by atoms with Crippen molar-refractivity contribution < 1.29 is 0 Å². The van der Waals surface area contributed by atoms with Crippen LogP contribution in [-0.4, -0.2) is 19.6 Å². The molecular formula is C7H9N5. The summed E-state index contributed by atoms with van der Waals surface area (Å²) in [5, 5.41) is 8.17. The summed E-state index contributed by atoms with van der Waals surface area (Å²) in [5.41, 5.74) is 5.46. The van der Waals surface area contributed by atoms with E-state index in [1.54, 1.807) is 21.6 Å². The van der Waals surface area contributed by atoms with Gasteiger partial charge in [0, 0.05) is 31.6 Å². The van der Waals surface area contributed by atoms with E-state index in [-0.39, 0.29) is 0 Å². The first-order valence-electron chi connectivity index (χ1n) is 3.57. The first-order valence-corrected chi connectivity index (χ1v) is 3.57. The molecule has 2 heterocycles. The number of rotatable bonds is 1. The standard InChI is InChI=1S/C7H9N5/c1-11-4-3-7(10-11)12-5-2-6(8)9-12/h2-5H,1H3,(H2,8,9). The molecule has 2 aromatic heterocycles. The minimum absolute atomic E-state index is 0.501. The largest absolute Gasteiger partial charge is 0.382 e. The Kier molecular flexibility index (Phi) is 1.36. The Labute approximate surface area is 69.4 Å². The Morgan fingerprint density at radius 1 is 1.25 bits per heavy atom. The highest BCUT2D eigenvalue weighted by atomic mass is 15.4. The maximum Gasteiger partial charge on any atom is 0.175 e. The van der Waals surface area contributed by atoms with Gasteiger partial charge in [-0.25, -0.2) is 4.68 Å². The summed E-state index contributed by atoms with van der Waals surface area (Å²) < 4.78 is 3.35. The fourth-order valence-electron chi connectivity index (χ4n) is 0.991. The maximum absolute atomic E-state index is 5.46. The summed E-state index contributed by atoms with van der Waals surface area (Å²) >= 11 is 0. The Balaban J connectivity index is 2.43. The maximum atomic E-state index is 5.46. The average Bonchev–Trinajstić information content (AvgIpc) is 2.58. The Morgan fingerprint density at radius 2 is 2.08 bits per heavy atom. The van der Waals surface area contributed by atoms with E-state index in [1.807, 2.05) is 19.3 Å². The van der Waals surface area contributed by atoms with Crippen LogP contribution in [-0.2, 0) is 7.05 Å². The summed E-state index contributed by atoms with van der Waals surface area (Å²) in [6, 6.07) is 3.60. The molecule has 12 heavy (non-hydrogen) atoms. The van der Waals surface area contributed by atoms with Crippen LogP contribution in [0.2, 0.25) is 0 Å². The van der Waals surface area contributed by atoms with Gasteiger partial charge in [0.15, 0.2) is 5.82 Å². The Morgan fingerprint density at radius 3 is 2.58 bits per heavy atom. The van der Waals surface area contributed by atoms with Crippen LogP contribution in [0.4, 0.5) is 5.82 Å². The van der Waals surface area contributed by atoms with Crippen molar-refractivity contribution in [2.24, 2.45) is 7.05 Å². The van der Waals surface area contributed by atoms with Crippen molar-refractivity contribution in [2.45, 2.75) is 0 Å². The van der Waals surface area contributed by atoms with Gasteiger partial charge in [0.1, 0.15) is 5.82 Å². The first kappa shape index (κ1) is 6.90. The fraction of sp³-hybridized carbons (Fsp3) is 0.143. The van der Waals surface area contributed by atoms with Gasteiger partial charge in [-0.15, -0.1) is 5.10 Å². The molecule has 0 aliphatic heterocycles. The molecule has 0 amide bonds. The van der Waals surface area contributed by atoms with E-state index in [0.29, 0.717) is 5.82 Å². The van der Waals surface area contributed by atoms with E-state index in [4.69, 9.17) is 5.73 Å². The molecule has 0 aliphatic rings. The first-order chi connectivity index (χ1) is 5.75. The Bertz CT molecular complexity index is 348. The van der Waals surface area contributed by atoms with Crippen LogP contribution in [0.1, 0.15) is 0 Å². The van der Waals surface area contributed by atoms with Crippen molar-refractivity contribution in [2.75, 3.05) is 5.73 Å². The quantitative estimate of drug-likeness (QED) is 0.652. The number of nitrogen functional groups attached to an aromatic ring is 1. The molecular weight excluding hydrogens is 154 g/mol. The lowest BCUT2D eigenvalue weighted by Gasteiger charge is -1.92. The second-order valence-electron chi connectivity index (χ2n) is 2.53. The highest BCUT2D eigenvalue weighted by Gasteiger charge is 1.99. The number of anilines is 1. The van der Waals surface area contributed by atoms with Crippen molar-refractivity contribution in [3.8, 4) is 5.82 Å². The summed E-state index contributed by atoms with van der Waals surface area (Å²) in [6.45, 7) is 0. The molecule has 0 aromatic carbocycles. The van der Waals surface area contributed by atoms with E-state index in [9.17, 15) is 0 Å². The smallest absolute Gasteiger partial charge is 0.175 e. The molecule has 62 valence electrons. The minimum atomic E-state index is 0.501. The summed E-state index contributed by atoms with van der Waals surface area (Å²) in [6.07, 6.45) is 3.63. The van der Waals surface area contributed by atoms with Crippen LogP contribution in [0.3, 0.4) is 0 Å². The monoisotopic (exact) mass is 163 g/mol. The van der Waals surface area contributed by atoms with E-state index in [2.05, 4.69) is 10.2 Å². The normalized spacial score (nSPS) is 10.4. The van der Waals surface area contributed by atoms with Gasteiger partial charge < -0.3 is 5.73 Å². The third-order valence-electron chi connectivity index (χ3n) is 1.54. The highest BCUT2D eigenvalue weighted by molar-refractivity contribution is 5.29. The summed E-state index contributed by atoms with van der Waals surface area (Å²) in [7, 11) is 1.86. The van der Waals surface area contributed by atoms with Gasteiger partial charge in [-0.2, -0.15) is 5.10 Å². The van der Waals surface area contributed by atoms with Crippen molar-refractivity contribution in [1.29, 1.82) is 0 Å². The zero-order chi connectivity index (χ0) is 8.55. The molecule has 2 rings (SSSR count). The summed E-state index contributed by atoms with van der Waals surface area (Å²) in [5.74, 6) is 1.27. The summed E-state index contributed by atoms with van der Waals surface area (Å²) in [4.78, 5) is 0. The molecule has 0 saturated carbocycles. The van der Waals surface area contributed by atoms with E-state index < -0.39 is 0 Å².